The molecule has 0 radical (unpaired) electrons. The van der Waals surface area contributed by atoms with Gasteiger partial charge in [0.15, 0.2) is 5.82 Å². The second-order valence-corrected chi connectivity index (χ2v) is 7.21. The second-order valence-electron chi connectivity index (χ2n) is 6.36. The molecule has 4 rings (SSSR count). The molecule has 0 unspecified atom stereocenters. The number of rotatable bonds is 5. The van der Waals surface area contributed by atoms with E-state index in [1.54, 1.807) is 24.3 Å². The number of nitrogens with zero attached hydrogens (tertiary/aromatic N) is 1. The molecule has 1 aromatic heterocycles. The summed E-state index contributed by atoms with van der Waals surface area (Å²) < 4.78 is 0.727. The minimum atomic E-state index is -0.219. The number of amides is 1. The number of ketones is 1. The van der Waals surface area contributed by atoms with Crippen LogP contribution in [0, 0.1) is 0 Å². The molecule has 29 heavy (non-hydrogen) atoms. The Morgan fingerprint density at radius 3 is 2.59 bits per heavy atom. The minimum Gasteiger partial charge on any atom is -0.335 e. The number of allylic oxidation sites excluding steroid dienone is 1. The molecule has 6 heteroatoms. The van der Waals surface area contributed by atoms with Gasteiger partial charge in [-0.15, -0.1) is 0 Å². The molecule has 0 aliphatic rings. The number of para-hydroxylation sites is 2. The second kappa shape index (κ2) is 8.24. The number of aromatic nitrogens is 2. The van der Waals surface area contributed by atoms with Crippen molar-refractivity contribution in [1.29, 1.82) is 0 Å². The van der Waals surface area contributed by atoms with E-state index in [-0.39, 0.29) is 11.7 Å². The zero-order chi connectivity index (χ0) is 20.2. The number of hydrogen-bond donors (Lipinski definition) is 2. The molecule has 0 atom stereocenters. The Balaban J connectivity index is 1.49. The fourth-order valence-corrected chi connectivity index (χ4v) is 3.35. The van der Waals surface area contributed by atoms with Crippen molar-refractivity contribution in [2.75, 3.05) is 5.32 Å². The molecular formula is C23H16BrN3O2. The number of hydrogen-bond acceptors (Lipinski definition) is 3. The molecule has 0 aliphatic carbocycles. The molecular weight excluding hydrogens is 430 g/mol. The van der Waals surface area contributed by atoms with Crippen molar-refractivity contribution in [2.45, 2.75) is 0 Å². The number of halogens is 1. The molecule has 3 aromatic carbocycles. The summed E-state index contributed by atoms with van der Waals surface area (Å²) in [5.41, 5.74) is 3.55. The molecule has 5 nitrogen and oxygen atoms in total. The number of aromatic amines is 1. The first-order valence-electron chi connectivity index (χ1n) is 8.93. The van der Waals surface area contributed by atoms with Gasteiger partial charge in [-0.1, -0.05) is 42.5 Å². The average Bonchev–Trinajstić information content (AvgIpc) is 3.17. The van der Waals surface area contributed by atoms with E-state index >= 15 is 0 Å². The Hall–Kier alpha value is -3.51. The third-order valence-corrected chi connectivity index (χ3v) is 5.00. The number of imidazole rings is 1. The molecule has 0 fully saturated rings. The van der Waals surface area contributed by atoms with Crippen LogP contribution >= 0.6 is 15.9 Å². The molecule has 2 N–H and O–H groups in total. The van der Waals surface area contributed by atoms with Gasteiger partial charge >= 0.3 is 0 Å². The number of nitrogens with one attached hydrogen (secondary N) is 2. The van der Waals surface area contributed by atoms with E-state index in [4.69, 9.17) is 0 Å². The van der Waals surface area contributed by atoms with Crippen LogP contribution in [0.25, 0.3) is 17.1 Å². The van der Waals surface area contributed by atoms with E-state index in [0.717, 1.165) is 21.1 Å². The number of fused-ring (bicyclic) bond motifs is 1. The third-order valence-electron chi connectivity index (χ3n) is 4.31. The summed E-state index contributed by atoms with van der Waals surface area (Å²) in [6, 6.07) is 22.0. The van der Waals surface area contributed by atoms with Crippen LogP contribution in [-0.4, -0.2) is 21.7 Å². The number of benzene rings is 3. The first kappa shape index (κ1) is 18.8. The highest BCUT2D eigenvalue weighted by Gasteiger charge is 2.10. The summed E-state index contributed by atoms with van der Waals surface area (Å²) in [4.78, 5) is 32.2. The topological polar surface area (TPSA) is 74.8 Å². The average molecular weight is 446 g/mol. The zero-order valence-corrected chi connectivity index (χ0v) is 16.8. The van der Waals surface area contributed by atoms with Crippen LogP contribution < -0.4 is 5.32 Å². The van der Waals surface area contributed by atoms with Gasteiger partial charge in [-0.3, -0.25) is 9.59 Å². The SMILES string of the molecule is O=C(/C=C/c1cccc(NC(=O)c2ccccc2Br)c1)c1nc2ccccc2[nH]1. The van der Waals surface area contributed by atoms with Gasteiger partial charge in [-0.2, -0.15) is 0 Å². The van der Waals surface area contributed by atoms with Crippen molar-refractivity contribution in [1.82, 2.24) is 9.97 Å². The Kier molecular flexibility index (Phi) is 5.35. The van der Waals surface area contributed by atoms with Crippen molar-refractivity contribution < 1.29 is 9.59 Å². The van der Waals surface area contributed by atoms with Gasteiger partial charge < -0.3 is 10.3 Å². The largest absolute Gasteiger partial charge is 0.335 e. The normalized spacial score (nSPS) is 11.1. The maximum atomic E-state index is 12.5. The lowest BCUT2D eigenvalue weighted by Gasteiger charge is -2.07. The van der Waals surface area contributed by atoms with E-state index in [9.17, 15) is 9.59 Å². The van der Waals surface area contributed by atoms with E-state index in [2.05, 4.69) is 31.2 Å². The van der Waals surface area contributed by atoms with Crippen LogP contribution in [0.5, 0.6) is 0 Å². The first-order valence-corrected chi connectivity index (χ1v) is 9.72. The van der Waals surface area contributed by atoms with Gasteiger partial charge in [0.25, 0.3) is 5.91 Å². The molecule has 0 spiro atoms. The predicted octanol–water partition coefficient (Wildman–Crippen LogP) is 5.47. The van der Waals surface area contributed by atoms with Gasteiger partial charge in [0.1, 0.15) is 0 Å². The van der Waals surface area contributed by atoms with E-state index in [1.807, 2.05) is 54.6 Å². The molecule has 4 aromatic rings. The van der Waals surface area contributed by atoms with Crippen LogP contribution in [0.1, 0.15) is 26.5 Å². The van der Waals surface area contributed by atoms with Crippen molar-refractivity contribution in [3.63, 3.8) is 0 Å². The van der Waals surface area contributed by atoms with Crippen molar-refractivity contribution >= 4 is 50.4 Å². The highest BCUT2D eigenvalue weighted by atomic mass is 79.9. The van der Waals surface area contributed by atoms with Crippen LogP contribution in [0.3, 0.4) is 0 Å². The van der Waals surface area contributed by atoms with Crippen LogP contribution in [0.4, 0.5) is 5.69 Å². The molecule has 1 amide bonds. The van der Waals surface area contributed by atoms with Crippen LogP contribution in [-0.2, 0) is 0 Å². The molecule has 0 aliphatic heterocycles. The van der Waals surface area contributed by atoms with Gasteiger partial charge in [0, 0.05) is 10.2 Å². The Morgan fingerprint density at radius 1 is 0.966 bits per heavy atom. The summed E-state index contributed by atoms with van der Waals surface area (Å²) in [6.45, 7) is 0. The number of anilines is 1. The Morgan fingerprint density at radius 2 is 1.76 bits per heavy atom. The fourth-order valence-electron chi connectivity index (χ4n) is 2.88. The highest BCUT2D eigenvalue weighted by molar-refractivity contribution is 9.10. The molecule has 0 saturated carbocycles. The van der Waals surface area contributed by atoms with Gasteiger partial charge in [-0.05, 0) is 64.0 Å². The lowest BCUT2D eigenvalue weighted by molar-refractivity contribution is 0.102. The van der Waals surface area contributed by atoms with Gasteiger partial charge in [0.05, 0.1) is 16.6 Å². The molecule has 142 valence electrons. The number of carbonyl (C=O) groups is 2. The van der Waals surface area contributed by atoms with E-state index in [0.29, 0.717) is 17.1 Å². The maximum Gasteiger partial charge on any atom is 0.256 e. The van der Waals surface area contributed by atoms with Gasteiger partial charge in [0.2, 0.25) is 5.78 Å². The van der Waals surface area contributed by atoms with Crippen LogP contribution in [0.15, 0.2) is 83.3 Å². The standard InChI is InChI=1S/C23H16BrN3O2/c24-18-9-2-1-8-17(18)23(29)25-16-7-5-6-15(14-16)12-13-21(28)22-26-19-10-3-4-11-20(19)27-22/h1-14H,(H,25,29)(H,26,27)/b13-12+. The first-order chi connectivity index (χ1) is 14.1. The summed E-state index contributed by atoms with van der Waals surface area (Å²) in [5.74, 6) is -0.137. The monoisotopic (exact) mass is 445 g/mol. The summed E-state index contributed by atoms with van der Waals surface area (Å²) in [7, 11) is 0. The lowest BCUT2D eigenvalue weighted by Crippen LogP contribution is -2.12. The van der Waals surface area contributed by atoms with Crippen molar-refractivity contribution in [3.05, 3.63) is 100 Å². The molecule has 1 heterocycles. The van der Waals surface area contributed by atoms with Gasteiger partial charge in [-0.25, -0.2) is 4.98 Å². The Bertz CT molecular complexity index is 1210. The van der Waals surface area contributed by atoms with E-state index < -0.39 is 0 Å². The summed E-state index contributed by atoms with van der Waals surface area (Å²) in [5, 5.41) is 2.87. The molecule has 0 bridgehead atoms. The van der Waals surface area contributed by atoms with Crippen molar-refractivity contribution in [3.8, 4) is 0 Å². The van der Waals surface area contributed by atoms with E-state index in [1.165, 1.54) is 6.08 Å². The number of carbonyl (C=O) groups excluding carboxylic acids is 2. The number of H-pyrrole nitrogens is 1. The predicted molar refractivity (Wildman–Crippen MR) is 118 cm³/mol. The third kappa shape index (κ3) is 4.33. The minimum absolute atomic E-state index is 0.211. The zero-order valence-electron chi connectivity index (χ0n) is 15.2. The van der Waals surface area contributed by atoms with Crippen LogP contribution in [0.2, 0.25) is 0 Å². The smallest absolute Gasteiger partial charge is 0.256 e. The quantitative estimate of drug-likeness (QED) is 0.315. The Labute approximate surface area is 175 Å². The fraction of sp³-hybridized carbons (Fsp3) is 0. The maximum absolute atomic E-state index is 12.5. The van der Waals surface area contributed by atoms with Crippen molar-refractivity contribution in [2.24, 2.45) is 0 Å². The lowest BCUT2D eigenvalue weighted by atomic mass is 10.1. The summed E-state index contributed by atoms with van der Waals surface area (Å²) >= 11 is 3.38. The highest BCUT2D eigenvalue weighted by Crippen LogP contribution is 2.19. The molecule has 0 saturated heterocycles. The summed E-state index contributed by atoms with van der Waals surface area (Å²) in [6.07, 6.45) is 3.16.